The number of carbonyl (C=O) groups excluding carboxylic acids is 4. The van der Waals surface area contributed by atoms with E-state index in [-0.39, 0.29) is 42.1 Å². The molecule has 1 atom stereocenters. The summed E-state index contributed by atoms with van der Waals surface area (Å²) in [6.45, 7) is 26.7. The van der Waals surface area contributed by atoms with Crippen LogP contribution in [-0.4, -0.2) is 54.2 Å². The maximum Gasteiger partial charge on any atom is 0.253 e. The topological polar surface area (TPSA) is 92.8 Å². The molecule has 0 fully saturated rings. The Labute approximate surface area is 227 Å². The number of ketones is 1. The maximum absolute atomic E-state index is 12.8. The van der Waals surface area contributed by atoms with Crippen LogP contribution in [0.5, 0.6) is 0 Å². The number of Topliss-reactive ketones (excluding diaryl/α,β-unsaturated/α-hetero) is 1. The summed E-state index contributed by atoms with van der Waals surface area (Å²) in [5.41, 5.74) is -1.47. The minimum atomic E-state index is -0.659. The van der Waals surface area contributed by atoms with Crippen LogP contribution in [0.1, 0.15) is 109 Å². The highest BCUT2D eigenvalue weighted by atomic mass is 16.5. The van der Waals surface area contributed by atoms with E-state index in [4.69, 9.17) is 4.74 Å². The molecule has 1 heterocycles. The van der Waals surface area contributed by atoms with E-state index in [2.05, 4.69) is 5.32 Å². The first kappa shape index (κ1) is 37.1. The zero-order valence-electron chi connectivity index (χ0n) is 26.0. The molecule has 0 radical (unpaired) electrons. The number of hydrogen-bond acceptors (Lipinski definition) is 5. The molecule has 7 heteroatoms. The summed E-state index contributed by atoms with van der Waals surface area (Å²) in [6.07, 6.45) is 4.39. The van der Waals surface area contributed by atoms with Crippen molar-refractivity contribution in [3.05, 3.63) is 12.2 Å². The third kappa shape index (κ3) is 13.4. The van der Waals surface area contributed by atoms with Gasteiger partial charge in [0, 0.05) is 48.6 Å². The fourth-order valence-corrected chi connectivity index (χ4v) is 4.48. The highest BCUT2D eigenvalue weighted by Gasteiger charge is 2.38. The Morgan fingerprint density at radius 3 is 1.84 bits per heavy atom. The summed E-state index contributed by atoms with van der Waals surface area (Å²) in [5, 5.41) is 2.99. The molecule has 1 N–H and O–H groups in total. The first-order chi connectivity index (χ1) is 17.0. The molecule has 1 aliphatic rings. The predicted octanol–water partition coefficient (Wildman–Crippen LogP) is 5.96. The summed E-state index contributed by atoms with van der Waals surface area (Å²) >= 11 is 0. The van der Waals surface area contributed by atoms with Crippen molar-refractivity contribution in [2.45, 2.75) is 115 Å². The quantitative estimate of drug-likeness (QED) is 0.283. The van der Waals surface area contributed by atoms with E-state index in [1.54, 1.807) is 0 Å². The first-order valence-electron chi connectivity index (χ1n) is 14.0. The fraction of sp³-hybridized carbons (Fsp3) is 0.800. The second-order valence-corrected chi connectivity index (χ2v) is 11.7. The van der Waals surface area contributed by atoms with Crippen molar-refractivity contribution in [2.75, 3.05) is 19.7 Å². The molecule has 7 nitrogen and oxygen atoms in total. The van der Waals surface area contributed by atoms with Gasteiger partial charge in [0.1, 0.15) is 5.78 Å². The molecule has 37 heavy (non-hydrogen) atoms. The molecule has 0 saturated carbocycles. The summed E-state index contributed by atoms with van der Waals surface area (Å²) in [5.74, 6) is -0.425. The standard InChI is InChI=1S/C26H44N2O5.2C2H6/c1-18(2)22(31)25(6,7)13-15-33-19(3)12-14-27-23(32)26(8,9)16-24(4,5)17-28-20(29)10-11-21(28)30;2*1-2/h10-11,18-19H,12-17H2,1-9H3,(H,27,32);2*1-2H3. The zero-order chi connectivity index (χ0) is 29.6. The molecule has 216 valence electrons. The Kier molecular flexibility index (Phi) is 16.8. The highest BCUT2D eigenvalue weighted by Crippen LogP contribution is 2.35. The summed E-state index contributed by atoms with van der Waals surface area (Å²) in [4.78, 5) is 50.1. The molecule has 0 bridgehead atoms. The van der Waals surface area contributed by atoms with Gasteiger partial charge in [0.15, 0.2) is 0 Å². The van der Waals surface area contributed by atoms with Crippen LogP contribution >= 0.6 is 0 Å². The summed E-state index contributed by atoms with van der Waals surface area (Å²) in [7, 11) is 0. The van der Waals surface area contributed by atoms with E-state index in [9.17, 15) is 19.2 Å². The van der Waals surface area contributed by atoms with Crippen molar-refractivity contribution in [1.29, 1.82) is 0 Å². The third-order valence-electron chi connectivity index (χ3n) is 6.18. The van der Waals surface area contributed by atoms with Crippen molar-refractivity contribution in [2.24, 2.45) is 22.2 Å². The number of imide groups is 1. The molecule has 1 rings (SSSR count). The Bertz CT molecular complexity index is 748. The molecule has 0 aromatic carbocycles. The van der Waals surface area contributed by atoms with Crippen molar-refractivity contribution in [1.82, 2.24) is 10.2 Å². The van der Waals surface area contributed by atoms with Crippen molar-refractivity contribution in [3.63, 3.8) is 0 Å². The van der Waals surface area contributed by atoms with Gasteiger partial charge in [-0.15, -0.1) is 0 Å². The lowest BCUT2D eigenvalue weighted by Crippen LogP contribution is -2.44. The van der Waals surface area contributed by atoms with E-state index in [0.29, 0.717) is 32.4 Å². The van der Waals surface area contributed by atoms with E-state index in [1.807, 2.05) is 90.0 Å². The fourth-order valence-electron chi connectivity index (χ4n) is 4.48. The minimum Gasteiger partial charge on any atom is -0.378 e. The summed E-state index contributed by atoms with van der Waals surface area (Å²) in [6, 6.07) is 0. The molecule has 1 unspecified atom stereocenters. The van der Waals surface area contributed by atoms with Gasteiger partial charge >= 0.3 is 0 Å². The van der Waals surface area contributed by atoms with E-state index >= 15 is 0 Å². The van der Waals surface area contributed by atoms with Gasteiger partial charge in [-0.3, -0.25) is 24.1 Å². The lowest BCUT2D eigenvalue weighted by molar-refractivity contribution is -0.139. The van der Waals surface area contributed by atoms with Crippen molar-refractivity contribution >= 4 is 23.5 Å². The van der Waals surface area contributed by atoms with Crippen LogP contribution in [0.25, 0.3) is 0 Å². The number of amides is 3. The summed E-state index contributed by atoms with van der Waals surface area (Å²) < 4.78 is 5.87. The molecule has 0 aromatic rings. The molecular formula is C30H56N2O5. The molecular weight excluding hydrogens is 468 g/mol. The third-order valence-corrected chi connectivity index (χ3v) is 6.18. The van der Waals surface area contributed by atoms with Crippen LogP contribution < -0.4 is 5.32 Å². The molecule has 0 aliphatic carbocycles. The average molecular weight is 525 g/mol. The number of carbonyl (C=O) groups is 4. The van der Waals surface area contributed by atoms with E-state index < -0.39 is 16.2 Å². The number of ether oxygens (including phenoxy) is 1. The predicted molar refractivity (Wildman–Crippen MR) is 152 cm³/mol. The monoisotopic (exact) mass is 524 g/mol. The molecule has 1 aliphatic heterocycles. The van der Waals surface area contributed by atoms with Crippen molar-refractivity contribution in [3.8, 4) is 0 Å². The Morgan fingerprint density at radius 1 is 0.892 bits per heavy atom. The smallest absolute Gasteiger partial charge is 0.253 e. The highest BCUT2D eigenvalue weighted by molar-refractivity contribution is 6.12. The molecule has 0 aromatic heterocycles. The number of rotatable bonds is 14. The van der Waals surface area contributed by atoms with Gasteiger partial charge in [-0.1, -0.05) is 83.1 Å². The van der Waals surface area contributed by atoms with Gasteiger partial charge < -0.3 is 10.1 Å². The lowest BCUT2D eigenvalue weighted by atomic mass is 9.74. The Balaban J connectivity index is 0. The maximum atomic E-state index is 12.8. The van der Waals surface area contributed by atoms with Crippen molar-refractivity contribution < 1.29 is 23.9 Å². The molecule has 0 saturated heterocycles. The second kappa shape index (κ2) is 16.7. The first-order valence-corrected chi connectivity index (χ1v) is 14.0. The molecule has 0 spiro atoms. The second-order valence-electron chi connectivity index (χ2n) is 11.7. The Hall–Kier alpha value is -2.02. The largest absolute Gasteiger partial charge is 0.378 e. The SMILES string of the molecule is CC.CC.CC(CCNC(=O)C(C)(C)CC(C)(C)CN1C(=O)C=CC1=O)OCCC(C)(C)C(=O)C(C)C. The van der Waals surface area contributed by atoms with Crippen LogP contribution in [0, 0.1) is 22.2 Å². The van der Waals surface area contributed by atoms with Crippen LogP contribution in [0.15, 0.2) is 12.2 Å². The van der Waals surface area contributed by atoms with Crippen LogP contribution in [0.3, 0.4) is 0 Å². The van der Waals surface area contributed by atoms with Crippen LogP contribution in [0.4, 0.5) is 0 Å². The van der Waals surface area contributed by atoms with Gasteiger partial charge in [-0.25, -0.2) is 0 Å². The zero-order valence-corrected chi connectivity index (χ0v) is 26.0. The number of nitrogens with one attached hydrogen (secondary N) is 1. The minimum absolute atomic E-state index is 0.00830. The van der Waals surface area contributed by atoms with Gasteiger partial charge in [-0.05, 0) is 31.6 Å². The van der Waals surface area contributed by atoms with E-state index in [0.717, 1.165) is 0 Å². The number of nitrogens with zero attached hydrogens (tertiary/aromatic N) is 1. The van der Waals surface area contributed by atoms with Gasteiger partial charge in [0.25, 0.3) is 11.8 Å². The van der Waals surface area contributed by atoms with Gasteiger partial charge in [-0.2, -0.15) is 0 Å². The Morgan fingerprint density at radius 2 is 1.38 bits per heavy atom. The average Bonchev–Trinajstić information content (AvgIpc) is 3.11. The van der Waals surface area contributed by atoms with Crippen LogP contribution in [0.2, 0.25) is 0 Å². The lowest BCUT2D eigenvalue weighted by Gasteiger charge is -2.36. The van der Waals surface area contributed by atoms with Gasteiger partial charge in [0.05, 0.1) is 6.10 Å². The van der Waals surface area contributed by atoms with E-state index in [1.165, 1.54) is 17.1 Å². The number of hydrogen-bond donors (Lipinski definition) is 1. The molecule has 3 amide bonds. The normalized spacial score (nSPS) is 14.6. The van der Waals surface area contributed by atoms with Gasteiger partial charge in [0.2, 0.25) is 5.91 Å². The van der Waals surface area contributed by atoms with Crippen LogP contribution in [-0.2, 0) is 23.9 Å².